The Morgan fingerprint density at radius 3 is 2.19 bits per heavy atom. The van der Waals surface area contributed by atoms with Gasteiger partial charge in [0.25, 0.3) is 0 Å². The number of benzene rings is 2. The van der Waals surface area contributed by atoms with E-state index < -0.39 is 0 Å². The zero-order valence-corrected chi connectivity index (χ0v) is 9.22. The van der Waals surface area contributed by atoms with Crippen molar-refractivity contribution < 1.29 is 5.11 Å². The molecule has 0 atom stereocenters. The highest BCUT2D eigenvalue weighted by atomic mass is 35.5. The van der Waals surface area contributed by atoms with E-state index in [-0.39, 0.29) is 5.75 Å². The van der Waals surface area contributed by atoms with E-state index in [0.29, 0.717) is 5.02 Å². The maximum absolute atomic E-state index is 9.11. The quantitative estimate of drug-likeness (QED) is 0.784. The minimum Gasteiger partial charge on any atom is -0.508 e. The van der Waals surface area contributed by atoms with E-state index in [4.69, 9.17) is 16.7 Å². The maximum Gasteiger partial charge on any atom is 0.115 e. The van der Waals surface area contributed by atoms with Gasteiger partial charge in [0.15, 0.2) is 0 Å². The maximum atomic E-state index is 9.11. The molecule has 0 spiro atoms. The minimum absolute atomic E-state index is 0.241. The van der Waals surface area contributed by atoms with Crippen molar-refractivity contribution in [3.8, 4) is 5.75 Å². The summed E-state index contributed by atoms with van der Waals surface area (Å²) in [5.41, 5.74) is 1.78. The summed E-state index contributed by atoms with van der Waals surface area (Å²) in [6.45, 7) is 0. The predicted molar refractivity (Wildman–Crippen MR) is 66.8 cm³/mol. The summed E-state index contributed by atoms with van der Waals surface area (Å²) in [7, 11) is 0. The number of halogens is 1. The molecule has 16 heavy (non-hydrogen) atoms. The van der Waals surface area contributed by atoms with Gasteiger partial charge in [-0.3, -0.25) is 4.99 Å². The van der Waals surface area contributed by atoms with E-state index >= 15 is 0 Å². The van der Waals surface area contributed by atoms with Crippen LogP contribution in [0.1, 0.15) is 5.56 Å². The van der Waals surface area contributed by atoms with Crippen LogP contribution >= 0.6 is 11.6 Å². The Kier molecular flexibility index (Phi) is 3.22. The molecule has 0 aliphatic carbocycles. The highest BCUT2D eigenvalue weighted by Gasteiger charge is 1.90. The standard InChI is InChI=1S/C13H10ClNO/c14-11-3-1-10(2-4-11)9-15-12-5-7-13(16)8-6-12/h1-9,16H. The summed E-state index contributed by atoms with van der Waals surface area (Å²) in [6, 6.07) is 14.1. The first-order chi connectivity index (χ1) is 7.74. The second-order valence-corrected chi connectivity index (χ2v) is 3.76. The normalized spacial score (nSPS) is 10.8. The van der Waals surface area contributed by atoms with E-state index in [1.165, 1.54) is 0 Å². The van der Waals surface area contributed by atoms with Gasteiger partial charge < -0.3 is 5.11 Å². The third-order valence-electron chi connectivity index (χ3n) is 2.08. The number of hydrogen-bond acceptors (Lipinski definition) is 2. The summed E-state index contributed by atoms with van der Waals surface area (Å²) in [4.78, 5) is 4.27. The molecule has 0 radical (unpaired) electrons. The average molecular weight is 232 g/mol. The molecule has 1 N–H and O–H groups in total. The van der Waals surface area contributed by atoms with Gasteiger partial charge >= 0.3 is 0 Å². The van der Waals surface area contributed by atoms with Crippen molar-refractivity contribution in [2.75, 3.05) is 0 Å². The predicted octanol–water partition coefficient (Wildman–Crippen LogP) is 3.80. The van der Waals surface area contributed by atoms with Crippen molar-refractivity contribution in [3.05, 3.63) is 59.1 Å². The second-order valence-electron chi connectivity index (χ2n) is 3.33. The van der Waals surface area contributed by atoms with E-state index in [0.717, 1.165) is 11.3 Å². The third kappa shape index (κ3) is 2.84. The number of hydrogen-bond donors (Lipinski definition) is 1. The molecule has 0 unspecified atom stereocenters. The number of rotatable bonds is 2. The van der Waals surface area contributed by atoms with Crippen LogP contribution in [0.5, 0.6) is 5.75 Å². The molecule has 2 rings (SSSR count). The third-order valence-corrected chi connectivity index (χ3v) is 2.33. The van der Waals surface area contributed by atoms with Gasteiger partial charge in [0.1, 0.15) is 5.75 Å². The summed E-state index contributed by atoms with van der Waals surface area (Å²) < 4.78 is 0. The van der Waals surface area contributed by atoms with Gasteiger partial charge in [-0.1, -0.05) is 23.7 Å². The molecule has 0 amide bonds. The summed E-state index contributed by atoms with van der Waals surface area (Å²) in [5.74, 6) is 0.241. The fraction of sp³-hybridized carbons (Fsp3) is 0. The number of aliphatic imine (C=N–C) groups is 1. The lowest BCUT2D eigenvalue weighted by Crippen LogP contribution is -1.78. The van der Waals surface area contributed by atoms with Gasteiger partial charge in [-0.05, 0) is 42.0 Å². The number of nitrogens with zero attached hydrogens (tertiary/aromatic N) is 1. The molecule has 0 heterocycles. The van der Waals surface area contributed by atoms with Crippen LogP contribution in [0.25, 0.3) is 0 Å². The molecule has 2 aromatic rings. The van der Waals surface area contributed by atoms with Gasteiger partial charge in [-0.15, -0.1) is 0 Å². The lowest BCUT2D eigenvalue weighted by Gasteiger charge is -1.95. The first-order valence-corrected chi connectivity index (χ1v) is 5.20. The van der Waals surface area contributed by atoms with Gasteiger partial charge in [0.05, 0.1) is 5.69 Å². The lowest BCUT2D eigenvalue weighted by atomic mass is 10.2. The first kappa shape index (κ1) is 10.7. The highest BCUT2D eigenvalue weighted by molar-refractivity contribution is 6.30. The van der Waals surface area contributed by atoms with Gasteiger partial charge in [-0.25, -0.2) is 0 Å². The summed E-state index contributed by atoms with van der Waals surface area (Å²) >= 11 is 5.77. The van der Waals surface area contributed by atoms with Crippen molar-refractivity contribution >= 4 is 23.5 Å². The molecule has 2 aromatic carbocycles. The van der Waals surface area contributed by atoms with Crippen LogP contribution < -0.4 is 0 Å². The Morgan fingerprint density at radius 1 is 0.938 bits per heavy atom. The fourth-order valence-electron chi connectivity index (χ4n) is 1.24. The molecular weight excluding hydrogens is 222 g/mol. The van der Waals surface area contributed by atoms with Crippen molar-refractivity contribution in [1.82, 2.24) is 0 Å². The molecule has 0 saturated carbocycles. The van der Waals surface area contributed by atoms with Crippen LogP contribution in [-0.2, 0) is 0 Å². The molecule has 80 valence electrons. The van der Waals surface area contributed by atoms with Crippen molar-refractivity contribution in [1.29, 1.82) is 0 Å². The number of aromatic hydroxyl groups is 1. The molecule has 0 bridgehead atoms. The van der Waals surface area contributed by atoms with Crippen LogP contribution in [0.4, 0.5) is 5.69 Å². The van der Waals surface area contributed by atoms with E-state index in [9.17, 15) is 0 Å². The minimum atomic E-state index is 0.241. The van der Waals surface area contributed by atoms with Crippen LogP contribution in [0, 0.1) is 0 Å². The lowest BCUT2D eigenvalue weighted by molar-refractivity contribution is 0.475. The zero-order chi connectivity index (χ0) is 11.4. The Hall–Kier alpha value is -1.80. The summed E-state index contributed by atoms with van der Waals surface area (Å²) in [5, 5.41) is 9.82. The SMILES string of the molecule is Oc1ccc(N=Cc2ccc(Cl)cc2)cc1. The smallest absolute Gasteiger partial charge is 0.115 e. The molecule has 0 aliphatic heterocycles. The molecular formula is C13H10ClNO. The van der Waals surface area contributed by atoms with Gasteiger partial charge in [0, 0.05) is 11.2 Å². The van der Waals surface area contributed by atoms with E-state index in [1.54, 1.807) is 30.5 Å². The topological polar surface area (TPSA) is 32.6 Å². The van der Waals surface area contributed by atoms with Crippen LogP contribution in [0.3, 0.4) is 0 Å². The van der Waals surface area contributed by atoms with Gasteiger partial charge in [-0.2, -0.15) is 0 Å². The molecule has 3 heteroatoms. The van der Waals surface area contributed by atoms with Crippen molar-refractivity contribution in [3.63, 3.8) is 0 Å². The van der Waals surface area contributed by atoms with E-state index in [2.05, 4.69) is 4.99 Å². The number of phenolic OH excluding ortho intramolecular Hbond substituents is 1. The number of phenols is 1. The highest BCUT2D eigenvalue weighted by Crippen LogP contribution is 2.16. The Bertz CT molecular complexity index is 441. The van der Waals surface area contributed by atoms with E-state index in [1.807, 2.05) is 24.3 Å². The summed E-state index contributed by atoms with van der Waals surface area (Å²) in [6.07, 6.45) is 1.75. The van der Waals surface area contributed by atoms with Crippen molar-refractivity contribution in [2.45, 2.75) is 0 Å². The molecule has 0 fully saturated rings. The fourth-order valence-corrected chi connectivity index (χ4v) is 1.36. The van der Waals surface area contributed by atoms with Gasteiger partial charge in [0.2, 0.25) is 0 Å². The van der Waals surface area contributed by atoms with Crippen LogP contribution in [0.2, 0.25) is 5.02 Å². The van der Waals surface area contributed by atoms with Crippen LogP contribution in [0.15, 0.2) is 53.5 Å². The Morgan fingerprint density at radius 2 is 1.56 bits per heavy atom. The molecule has 2 nitrogen and oxygen atoms in total. The molecule has 0 aromatic heterocycles. The molecule has 0 aliphatic rings. The second kappa shape index (κ2) is 4.81. The Balaban J connectivity index is 2.15. The first-order valence-electron chi connectivity index (χ1n) is 4.83. The monoisotopic (exact) mass is 231 g/mol. The van der Waals surface area contributed by atoms with Crippen LogP contribution in [-0.4, -0.2) is 11.3 Å². The Labute approximate surface area is 98.8 Å². The zero-order valence-electron chi connectivity index (χ0n) is 8.47. The molecule has 0 saturated heterocycles. The van der Waals surface area contributed by atoms with Crippen molar-refractivity contribution in [2.24, 2.45) is 4.99 Å². The average Bonchev–Trinajstić information content (AvgIpc) is 2.30. The largest absolute Gasteiger partial charge is 0.508 e.